The summed E-state index contributed by atoms with van der Waals surface area (Å²) in [4.78, 5) is 18.1. The highest BCUT2D eigenvalue weighted by atomic mass is 35.5. The van der Waals surface area contributed by atoms with E-state index in [1.54, 1.807) is 30.7 Å². The van der Waals surface area contributed by atoms with Gasteiger partial charge >= 0.3 is 5.97 Å². The summed E-state index contributed by atoms with van der Waals surface area (Å²) in [5.74, 6) is -1.67. The Kier molecular flexibility index (Phi) is 6.08. The summed E-state index contributed by atoms with van der Waals surface area (Å²) in [6, 6.07) is 10.2. The molecule has 0 bridgehead atoms. The molecule has 6 rings (SSSR count). The number of aromatic carboxylic acids is 1. The summed E-state index contributed by atoms with van der Waals surface area (Å²) >= 11 is 6.78. The molecule has 0 aliphatic carbocycles. The molecule has 1 N–H and O–H groups in total. The highest BCUT2D eigenvalue weighted by molar-refractivity contribution is 7.20. The second kappa shape index (κ2) is 9.21. The van der Waals surface area contributed by atoms with Crippen LogP contribution in [0.25, 0.3) is 10.3 Å². The van der Waals surface area contributed by atoms with Crippen molar-refractivity contribution in [2.75, 3.05) is 13.1 Å². The number of carboxylic acid groups (broad SMARTS) is 1. The molecule has 0 spiro atoms. The van der Waals surface area contributed by atoms with Crippen molar-refractivity contribution in [3.8, 4) is 11.5 Å². The highest BCUT2D eigenvalue weighted by Crippen LogP contribution is 2.49. The Balaban J connectivity index is 1.17. The van der Waals surface area contributed by atoms with E-state index in [2.05, 4.69) is 9.88 Å². The van der Waals surface area contributed by atoms with E-state index in [4.69, 9.17) is 21.1 Å². The van der Waals surface area contributed by atoms with Crippen molar-refractivity contribution in [2.45, 2.75) is 38.0 Å². The van der Waals surface area contributed by atoms with Crippen LogP contribution in [0.4, 0.5) is 8.78 Å². The largest absolute Gasteiger partial charge is 0.477 e. The van der Waals surface area contributed by atoms with Gasteiger partial charge in [-0.3, -0.25) is 4.90 Å². The van der Waals surface area contributed by atoms with Crippen molar-refractivity contribution in [2.24, 2.45) is 7.05 Å². The number of aryl methyl sites for hydroxylation is 1. The van der Waals surface area contributed by atoms with Crippen LogP contribution in [0, 0.1) is 11.6 Å². The molecular weight excluding hydrogens is 536 g/mol. The van der Waals surface area contributed by atoms with E-state index in [0.717, 1.165) is 42.8 Å². The van der Waals surface area contributed by atoms with Crippen LogP contribution in [0.5, 0.6) is 11.5 Å². The van der Waals surface area contributed by atoms with Gasteiger partial charge in [0.2, 0.25) is 0 Å². The van der Waals surface area contributed by atoms with Crippen LogP contribution in [0.15, 0.2) is 36.4 Å². The van der Waals surface area contributed by atoms with E-state index in [-0.39, 0.29) is 21.9 Å². The molecule has 2 aromatic heterocycles. The number of rotatable bonds is 5. The first-order chi connectivity index (χ1) is 18.1. The lowest BCUT2D eigenvalue weighted by Gasteiger charge is -2.32. The lowest BCUT2D eigenvalue weighted by Crippen LogP contribution is -2.34. The quantitative estimate of drug-likeness (QED) is 0.310. The number of carbonyl (C=O) groups is 1. The zero-order valence-corrected chi connectivity index (χ0v) is 22.2. The van der Waals surface area contributed by atoms with E-state index >= 15 is 0 Å². The van der Waals surface area contributed by atoms with Crippen LogP contribution < -0.4 is 9.47 Å². The van der Waals surface area contributed by atoms with Gasteiger partial charge in [0.15, 0.2) is 22.2 Å². The van der Waals surface area contributed by atoms with Crippen molar-refractivity contribution < 1.29 is 28.2 Å². The maximum Gasteiger partial charge on any atom is 0.349 e. The topological polar surface area (TPSA) is 76.8 Å². The first-order valence-corrected chi connectivity index (χ1v) is 13.4. The molecule has 1 atom stereocenters. The second-order valence-electron chi connectivity index (χ2n) is 9.79. The highest BCUT2D eigenvalue weighted by Gasteiger charge is 2.43. The van der Waals surface area contributed by atoms with E-state index in [1.807, 2.05) is 18.2 Å². The van der Waals surface area contributed by atoms with Crippen LogP contribution in [0.2, 0.25) is 5.02 Å². The molecule has 0 saturated carbocycles. The molecule has 0 amide bonds. The third-order valence-electron chi connectivity index (χ3n) is 7.38. The van der Waals surface area contributed by atoms with Crippen LogP contribution in [0.1, 0.15) is 52.3 Å². The maximum absolute atomic E-state index is 14.7. The molecule has 38 heavy (non-hydrogen) atoms. The molecule has 2 aliphatic heterocycles. The molecular formula is C27H24ClF2N3O4S. The van der Waals surface area contributed by atoms with Crippen molar-refractivity contribution in [1.82, 2.24) is 14.5 Å². The number of piperidine rings is 1. The minimum Gasteiger partial charge on any atom is -0.477 e. The molecule has 2 aromatic carbocycles. The summed E-state index contributed by atoms with van der Waals surface area (Å²) in [5, 5.41) is 9.48. The van der Waals surface area contributed by atoms with Crippen LogP contribution >= 0.6 is 22.9 Å². The number of imidazole rings is 1. The summed E-state index contributed by atoms with van der Waals surface area (Å²) in [5.41, 5.74) is 1.54. The van der Waals surface area contributed by atoms with Crippen molar-refractivity contribution in [3.63, 3.8) is 0 Å². The van der Waals surface area contributed by atoms with Gasteiger partial charge < -0.3 is 19.1 Å². The molecule has 0 unspecified atom stereocenters. The molecule has 1 saturated heterocycles. The number of likely N-dealkylation sites (tertiary alicyclic amines) is 1. The Morgan fingerprint density at radius 2 is 2.00 bits per heavy atom. The minimum absolute atomic E-state index is 0.225. The number of ether oxygens (including phenoxy) is 2. The number of benzene rings is 2. The van der Waals surface area contributed by atoms with Crippen molar-refractivity contribution in [1.29, 1.82) is 0 Å². The molecule has 7 nitrogen and oxygen atoms in total. The lowest BCUT2D eigenvalue weighted by atomic mass is 9.88. The predicted molar refractivity (Wildman–Crippen MR) is 139 cm³/mol. The zero-order chi connectivity index (χ0) is 26.8. The summed E-state index contributed by atoms with van der Waals surface area (Å²) in [7, 11) is 1.71. The average molecular weight is 560 g/mol. The van der Waals surface area contributed by atoms with Gasteiger partial charge in [0.1, 0.15) is 22.0 Å². The normalized spacial score (nSPS) is 19.9. The first kappa shape index (κ1) is 25.1. The van der Waals surface area contributed by atoms with E-state index in [0.29, 0.717) is 33.7 Å². The molecule has 1 fully saturated rings. The Morgan fingerprint density at radius 3 is 2.68 bits per heavy atom. The van der Waals surface area contributed by atoms with E-state index < -0.39 is 23.4 Å². The van der Waals surface area contributed by atoms with Gasteiger partial charge in [-0.05, 0) is 56.1 Å². The van der Waals surface area contributed by atoms with E-state index in [1.165, 1.54) is 6.07 Å². The predicted octanol–water partition coefficient (Wildman–Crippen LogP) is 6.29. The fourth-order valence-electron chi connectivity index (χ4n) is 5.40. The molecule has 0 radical (unpaired) electrons. The fourth-order valence-corrected chi connectivity index (χ4v) is 6.50. The van der Waals surface area contributed by atoms with Gasteiger partial charge in [0.05, 0.1) is 12.1 Å². The van der Waals surface area contributed by atoms with Crippen LogP contribution in [-0.2, 0) is 19.4 Å². The fraction of sp³-hybridized carbons (Fsp3) is 0.333. The first-order valence-electron chi connectivity index (χ1n) is 12.2. The number of hydrogen-bond acceptors (Lipinski definition) is 6. The molecule has 4 aromatic rings. The van der Waals surface area contributed by atoms with Gasteiger partial charge in [-0.1, -0.05) is 23.7 Å². The third-order valence-corrected chi connectivity index (χ3v) is 8.65. The van der Waals surface area contributed by atoms with E-state index in [9.17, 15) is 18.7 Å². The third kappa shape index (κ3) is 4.11. The number of aromatic nitrogens is 2. The average Bonchev–Trinajstić information content (AvgIpc) is 3.50. The molecule has 2 aliphatic rings. The Labute approximate surface area is 226 Å². The van der Waals surface area contributed by atoms with Gasteiger partial charge in [-0.2, -0.15) is 0 Å². The molecule has 198 valence electrons. The van der Waals surface area contributed by atoms with Crippen molar-refractivity contribution >= 4 is 39.3 Å². The zero-order valence-electron chi connectivity index (χ0n) is 20.6. The van der Waals surface area contributed by atoms with Gasteiger partial charge in [-0.25, -0.2) is 18.6 Å². The number of fused-ring (bicyclic) bond motifs is 2. The smallest absolute Gasteiger partial charge is 0.349 e. The molecule has 4 heterocycles. The molecule has 11 heteroatoms. The second-order valence-corrected chi connectivity index (χ2v) is 11.2. The van der Waals surface area contributed by atoms with Gasteiger partial charge in [-0.15, -0.1) is 11.3 Å². The monoisotopic (exact) mass is 559 g/mol. The Morgan fingerprint density at radius 1 is 1.24 bits per heavy atom. The minimum atomic E-state index is -1.30. The van der Waals surface area contributed by atoms with Gasteiger partial charge in [0, 0.05) is 24.6 Å². The number of hydrogen-bond donors (Lipinski definition) is 1. The number of carboxylic acids is 1. The number of halogens is 3. The lowest BCUT2D eigenvalue weighted by molar-refractivity contribution is -0.0712. The Bertz CT molecular complexity index is 1580. The number of para-hydroxylation sites is 1. The summed E-state index contributed by atoms with van der Waals surface area (Å²) in [6.45, 7) is 3.82. The van der Waals surface area contributed by atoms with Crippen LogP contribution in [0.3, 0.4) is 0 Å². The Hall–Kier alpha value is -3.21. The number of nitrogens with zero attached hydrogens (tertiary/aromatic N) is 3. The van der Waals surface area contributed by atoms with Crippen LogP contribution in [-0.4, -0.2) is 38.6 Å². The standard InChI is InChI=1S/C27H24ClF2N3O4S/c1-27(17-7-6-15(28)12-18(17)29)36-19-5-3-4-16(23(19)37-27)14-8-10-33(11-9-14)13-20-31-25-22(32(20)2)21(30)24(38-25)26(34)35/h3-7,12,14H,8-11,13H2,1-2H3,(H,34,35)/t27-/m0/s1. The maximum atomic E-state index is 14.7. The number of thiophene rings is 1. The van der Waals surface area contributed by atoms with Crippen molar-refractivity contribution in [3.05, 3.63) is 74.9 Å². The van der Waals surface area contributed by atoms with Gasteiger partial charge in [0.25, 0.3) is 5.79 Å². The SMILES string of the molecule is Cn1c(CN2CCC(c3cccc4c3O[C@@](C)(c3ccc(Cl)cc3F)O4)CC2)nc2sc(C(=O)O)c(F)c21. The summed E-state index contributed by atoms with van der Waals surface area (Å²) in [6.07, 6.45) is 1.73. The summed E-state index contributed by atoms with van der Waals surface area (Å²) < 4.78 is 43.3.